The van der Waals surface area contributed by atoms with Crippen molar-refractivity contribution in [2.75, 3.05) is 19.8 Å². The van der Waals surface area contributed by atoms with Crippen molar-refractivity contribution in [1.82, 2.24) is 0 Å². The highest BCUT2D eigenvalue weighted by molar-refractivity contribution is 5.97. The van der Waals surface area contributed by atoms with E-state index in [0.29, 0.717) is 6.61 Å². The molecule has 1 aromatic rings. The molecule has 0 bridgehead atoms. The molecule has 1 atom stereocenters. The highest BCUT2D eigenvalue weighted by Gasteiger charge is 2.17. The number of ketones is 1. The third kappa shape index (κ3) is 3.35. The topological polar surface area (TPSA) is 35.5 Å². The Hall–Kier alpha value is -1.26. The maximum absolute atomic E-state index is 13.3. The molecule has 0 spiro atoms. The number of benzene rings is 1. The van der Waals surface area contributed by atoms with Gasteiger partial charge in [0.1, 0.15) is 12.4 Å². The molecule has 17 heavy (non-hydrogen) atoms. The maximum atomic E-state index is 13.3. The van der Waals surface area contributed by atoms with Crippen LogP contribution >= 0.6 is 0 Å². The minimum Gasteiger partial charge on any atom is -0.376 e. The predicted molar refractivity (Wildman–Crippen MR) is 60.5 cm³/mol. The van der Waals surface area contributed by atoms with Gasteiger partial charge in [-0.05, 0) is 25.0 Å². The summed E-state index contributed by atoms with van der Waals surface area (Å²) in [5.74, 6) is -0.834. The molecule has 0 amide bonds. The molecule has 2 rings (SSSR count). The third-order valence-corrected chi connectivity index (χ3v) is 2.74. The van der Waals surface area contributed by atoms with Gasteiger partial charge >= 0.3 is 0 Å². The first kappa shape index (κ1) is 12.2. The van der Waals surface area contributed by atoms with Crippen LogP contribution in [0.1, 0.15) is 23.2 Å². The van der Waals surface area contributed by atoms with Gasteiger partial charge in [-0.2, -0.15) is 0 Å². The number of carbonyl (C=O) groups excluding carboxylic acids is 1. The molecular formula is C13H15FO3. The normalized spacial score (nSPS) is 19.5. The van der Waals surface area contributed by atoms with Crippen molar-refractivity contribution in [1.29, 1.82) is 0 Å². The summed E-state index contributed by atoms with van der Waals surface area (Å²) in [6, 6.07) is 5.93. The molecule has 0 aromatic heterocycles. The van der Waals surface area contributed by atoms with Gasteiger partial charge < -0.3 is 9.47 Å². The minimum atomic E-state index is -0.502. The first-order valence-electron chi connectivity index (χ1n) is 5.74. The van der Waals surface area contributed by atoms with Gasteiger partial charge in [0.15, 0.2) is 5.78 Å². The summed E-state index contributed by atoms with van der Waals surface area (Å²) in [6.45, 7) is 1.07. The van der Waals surface area contributed by atoms with E-state index in [9.17, 15) is 9.18 Å². The number of rotatable bonds is 5. The van der Waals surface area contributed by atoms with E-state index >= 15 is 0 Å². The second-order valence-electron chi connectivity index (χ2n) is 4.05. The van der Waals surface area contributed by atoms with Gasteiger partial charge in [0.05, 0.1) is 18.3 Å². The summed E-state index contributed by atoms with van der Waals surface area (Å²) in [7, 11) is 0. The van der Waals surface area contributed by atoms with Crippen molar-refractivity contribution < 1.29 is 18.7 Å². The Bertz CT molecular complexity index is 386. The molecule has 92 valence electrons. The highest BCUT2D eigenvalue weighted by Crippen LogP contribution is 2.12. The van der Waals surface area contributed by atoms with Gasteiger partial charge in [-0.15, -0.1) is 0 Å². The van der Waals surface area contributed by atoms with Crippen LogP contribution in [0.25, 0.3) is 0 Å². The smallest absolute Gasteiger partial charge is 0.191 e. The van der Waals surface area contributed by atoms with Gasteiger partial charge in [0.25, 0.3) is 0 Å². The standard InChI is InChI=1S/C13H15FO3/c14-12-6-2-1-5-11(12)13(15)9-16-8-10-4-3-7-17-10/h1-2,5-6,10H,3-4,7-9H2. The Morgan fingerprint density at radius 3 is 3.00 bits per heavy atom. The summed E-state index contributed by atoms with van der Waals surface area (Å²) in [6.07, 6.45) is 2.09. The van der Waals surface area contributed by atoms with Crippen LogP contribution in [0, 0.1) is 5.82 Å². The lowest BCUT2D eigenvalue weighted by molar-refractivity contribution is 0.0189. The van der Waals surface area contributed by atoms with E-state index in [4.69, 9.17) is 9.47 Å². The molecule has 1 aromatic carbocycles. The summed E-state index contributed by atoms with van der Waals surface area (Å²) in [5, 5.41) is 0. The summed E-state index contributed by atoms with van der Waals surface area (Å²) >= 11 is 0. The number of halogens is 1. The van der Waals surface area contributed by atoms with Gasteiger partial charge in [0.2, 0.25) is 0 Å². The predicted octanol–water partition coefficient (Wildman–Crippen LogP) is 2.20. The fourth-order valence-electron chi connectivity index (χ4n) is 1.82. The first-order valence-corrected chi connectivity index (χ1v) is 5.74. The van der Waals surface area contributed by atoms with Crippen LogP contribution in [0.15, 0.2) is 24.3 Å². The molecule has 1 aliphatic rings. The SMILES string of the molecule is O=C(COCC1CCCO1)c1ccccc1F. The molecule has 1 fully saturated rings. The number of Topliss-reactive ketones (excluding diaryl/α,β-unsaturated/α-hetero) is 1. The Balaban J connectivity index is 1.79. The van der Waals surface area contributed by atoms with Crippen LogP contribution in [0.2, 0.25) is 0 Å². The van der Waals surface area contributed by atoms with E-state index in [1.165, 1.54) is 12.1 Å². The average Bonchev–Trinajstić information content (AvgIpc) is 2.82. The van der Waals surface area contributed by atoms with Crippen LogP contribution in [0.3, 0.4) is 0 Å². The number of hydrogen-bond donors (Lipinski definition) is 0. The molecular weight excluding hydrogens is 223 g/mol. The molecule has 1 heterocycles. The molecule has 0 aliphatic carbocycles. The van der Waals surface area contributed by atoms with Gasteiger partial charge in [0, 0.05) is 6.61 Å². The average molecular weight is 238 g/mol. The second-order valence-corrected chi connectivity index (χ2v) is 4.05. The van der Waals surface area contributed by atoms with Crippen molar-refractivity contribution >= 4 is 5.78 Å². The van der Waals surface area contributed by atoms with Gasteiger partial charge in [-0.1, -0.05) is 12.1 Å². The highest BCUT2D eigenvalue weighted by atomic mass is 19.1. The van der Waals surface area contributed by atoms with Crippen molar-refractivity contribution in [3.05, 3.63) is 35.6 Å². The number of hydrogen-bond acceptors (Lipinski definition) is 3. The zero-order valence-corrected chi connectivity index (χ0v) is 9.52. The molecule has 3 nitrogen and oxygen atoms in total. The van der Waals surface area contributed by atoms with E-state index in [-0.39, 0.29) is 24.1 Å². The zero-order valence-electron chi connectivity index (χ0n) is 9.52. The number of ether oxygens (including phenoxy) is 2. The van der Waals surface area contributed by atoms with E-state index in [1.54, 1.807) is 12.1 Å². The van der Waals surface area contributed by atoms with Crippen LogP contribution in [-0.4, -0.2) is 31.7 Å². The first-order chi connectivity index (χ1) is 8.27. The van der Waals surface area contributed by atoms with Gasteiger partial charge in [-0.3, -0.25) is 4.79 Å². The fourth-order valence-corrected chi connectivity index (χ4v) is 1.82. The maximum Gasteiger partial charge on any atom is 0.191 e. The van der Waals surface area contributed by atoms with Gasteiger partial charge in [-0.25, -0.2) is 4.39 Å². The Labute approximate surface area is 99.5 Å². The van der Waals surface area contributed by atoms with Crippen LogP contribution < -0.4 is 0 Å². The fraction of sp³-hybridized carbons (Fsp3) is 0.462. The molecule has 1 unspecified atom stereocenters. The lowest BCUT2D eigenvalue weighted by Crippen LogP contribution is -2.18. The second kappa shape index (κ2) is 5.89. The molecule has 0 saturated carbocycles. The quantitative estimate of drug-likeness (QED) is 0.738. The molecule has 1 saturated heterocycles. The minimum absolute atomic E-state index is 0.0832. The van der Waals surface area contributed by atoms with Crippen molar-refractivity contribution in [2.45, 2.75) is 18.9 Å². The Kier molecular flexibility index (Phi) is 4.23. The Morgan fingerprint density at radius 1 is 1.47 bits per heavy atom. The number of carbonyl (C=O) groups is 1. The largest absolute Gasteiger partial charge is 0.376 e. The molecule has 1 aliphatic heterocycles. The third-order valence-electron chi connectivity index (χ3n) is 2.74. The van der Waals surface area contributed by atoms with Crippen molar-refractivity contribution in [3.8, 4) is 0 Å². The van der Waals surface area contributed by atoms with Crippen molar-refractivity contribution in [2.24, 2.45) is 0 Å². The zero-order chi connectivity index (χ0) is 12.1. The van der Waals surface area contributed by atoms with E-state index in [0.717, 1.165) is 19.4 Å². The van der Waals surface area contributed by atoms with Crippen LogP contribution in [-0.2, 0) is 9.47 Å². The summed E-state index contributed by atoms with van der Waals surface area (Å²) in [4.78, 5) is 11.6. The summed E-state index contributed by atoms with van der Waals surface area (Å²) < 4.78 is 23.9. The van der Waals surface area contributed by atoms with Crippen LogP contribution in [0.5, 0.6) is 0 Å². The van der Waals surface area contributed by atoms with E-state index < -0.39 is 5.82 Å². The van der Waals surface area contributed by atoms with E-state index in [1.807, 2.05) is 0 Å². The van der Waals surface area contributed by atoms with E-state index in [2.05, 4.69) is 0 Å². The monoisotopic (exact) mass is 238 g/mol. The molecule has 4 heteroatoms. The summed E-state index contributed by atoms with van der Waals surface area (Å²) in [5.41, 5.74) is 0.0832. The lowest BCUT2D eigenvalue weighted by Gasteiger charge is -2.09. The molecule has 0 N–H and O–H groups in total. The Morgan fingerprint density at radius 2 is 2.29 bits per heavy atom. The van der Waals surface area contributed by atoms with Crippen molar-refractivity contribution in [3.63, 3.8) is 0 Å². The molecule has 0 radical (unpaired) electrons. The van der Waals surface area contributed by atoms with Crippen LogP contribution in [0.4, 0.5) is 4.39 Å². The lowest BCUT2D eigenvalue weighted by atomic mass is 10.1.